The van der Waals surface area contributed by atoms with Gasteiger partial charge in [0.15, 0.2) is 17.5 Å². The van der Waals surface area contributed by atoms with E-state index in [1.807, 2.05) is 0 Å². The average Bonchev–Trinajstić information content (AvgIpc) is 2.76. The van der Waals surface area contributed by atoms with Gasteiger partial charge in [-0.05, 0) is 68.3 Å². The van der Waals surface area contributed by atoms with Crippen LogP contribution in [0.3, 0.4) is 0 Å². The summed E-state index contributed by atoms with van der Waals surface area (Å²) in [6, 6.07) is 1.81. The predicted molar refractivity (Wildman–Crippen MR) is 85.0 cm³/mol. The summed E-state index contributed by atoms with van der Waals surface area (Å²) >= 11 is 0. The molecule has 24 heavy (non-hydrogen) atoms. The van der Waals surface area contributed by atoms with Crippen molar-refractivity contribution in [3.63, 3.8) is 0 Å². The summed E-state index contributed by atoms with van der Waals surface area (Å²) in [5.74, 6) is -4.13. The quantitative estimate of drug-likeness (QED) is 0.840. The summed E-state index contributed by atoms with van der Waals surface area (Å²) in [4.78, 5) is 14.3. The Morgan fingerprint density at radius 1 is 1.04 bits per heavy atom. The molecule has 2 aliphatic rings. The van der Waals surface area contributed by atoms with Crippen LogP contribution in [0.2, 0.25) is 0 Å². The molecule has 6 heteroatoms. The number of hydrogen-bond donors (Lipinski definition) is 1. The highest BCUT2D eigenvalue weighted by molar-refractivity contribution is 5.78. The fourth-order valence-corrected chi connectivity index (χ4v) is 3.96. The lowest BCUT2D eigenvalue weighted by Gasteiger charge is -2.37. The lowest BCUT2D eigenvalue weighted by atomic mass is 9.73. The van der Waals surface area contributed by atoms with Crippen LogP contribution in [0.1, 0.15) is 37.7 Å². The molecule has 0 atom stereocenters. The van der Waals surface area contributed by atoms with E-state index in [4.69, 9.17) is 0 Å². The first-order chi connectivity index (χ1) is 11.5. The highest BCUT2D eigenvalue weighted by Crippen LogP contribution is 2.39. The van der Waals surface area contributed by atoms with E-state index in [9.17, 15) is 18.0 Å². The van der Waals surface area contributed by atoms with Crippen LogP contribution in [0, 0.1) is 22.9 Å². The third-order valence-electron chi connectivity index (χ3n) is 5.46. The van der Waals surface area contributed by atoms with Crippen molar-refractivity contribution in [2.45, 2.75) is 38.5 Å². The van der Waals surface area contributed by atoms with Gasteiger partial charge in [0, 0.05) is 13.1 Å². The zero-order valence-corrected chi connectivity index (χ0v) is 13.7. The normalized spacial score (nSPS) is 20.9. The van der Waals surface area contributed by atoms with Crippen LogP contribution in [-0.2, 0) is 11.2 Å². The molecule has 1 N–H and O–H groups in total. The Morgan fingerprint density at radius 2 is 1.71 bits per heavy atom. The van der Waals surface area contributed by atoms with Crippen LogP contribution in [0.4, 0.5) is 13.2 Å². The molecule has 2 fully saturated rings. The Kier molecular flexibility index (Phi) is 5.13. The SMILES string of the molecule is O=C(Cc1cc(F)c(F)c(F)c1)N1CCCC2(CCNCC2)CC1. The van der Waals surface area contributed by atoms with Crippen molar-refractivity contribution < 1.29 is 18.0 Å². The molecule has 1 aromatic rings. The lowest BCUT2D eigenvalue weighted by molar-refractivity contribution is -0.130. The van der Waals surface area contributed by atoms with Gasteiger partial charge >= 0.3 is 0 Å². The van der Waals surface area contributed by atoms with Crippen molar-refractivity contribution in [2.75, 3.05) is 26.2 Å². The van der Waals surface area contributed by atoms with Crippen molar-refractivity contribution in [1.29, 1.82) is 0 Å². The van der Waals surface area contributed by atoms with E-state index in [1.165, 1.54) is 0 Å². The molecule has 0 unspecified atom stereocenters. The standard InChI is InChI=1S/C18H23F3N2O/c19-14-10-13(11-15(20)17(14)21)12-16(24)23-8-1-2-18(5-9-23)3-6-22-7-4-18/h10-11,22H,1-9,12H2. The molecule has 0 aliphatic carbocycles. The molecule has 3 rings (SSSR count). The molecule has 0 aromatic heterocycles. The highest BCUT2D eigenvalue weighted by atomic mass is 19.2. The van der Waals surface area contributed by atoms with Crippen LogP contribution in [0.15, 0.2) is 12.1 Å². The van der Waals surface area contributed by atoms with Crippen molar-refractivity contribution in [1.82, 2.24) is 10.2 Å². The molecular formula is C18H23F3N2O. The first-order valence-electron chi connectivity index (χ1n) is 8.61. The predicted octanol–water partition coefficient (Wildman–Crippen LogP) is 3.03. The zero-order chi connectivity index (χ0) is 17.2. The number of halogens is 3. The first kappa shape index (κ1) is 17.3. The average molecular weight is 340 g/mol. The smallest absolute Gasteiger partial charge is 0.226 e. The van der Waals surface area contributed by atoms with Gasteiger partial charge in [-0.15, -0.1) is 0 Å². The lowest BCUT2D eigenvalue weighted by Crippen LogP contribution is -2.38. The Labute approximate surface area is 140 Å². The van der Waals surface area contributed by atoms with Crippen LogP contribution in [-0.4, -0.2) is 37.0 Å². The van der Waals surface area contributed by atoms with E-state index < -0.39 is 17.5 Å². The van der Waals surface area contributed by atoms with Crippen LogP contribution in [0.25, 0.3) is 0 Å². The topological polar surface area (TPSA) is 32.3 Å². The van der Waals surface area contributed by atoms with Gasteiger partial charge in [-0.25, -0.2) is 13.2 Å². The van der Waals surface area contributed by atoms with Crippen molar-refractivity contribution in [3.05, 3.63) is 35.1 Å². The van der Waals surface area contributed by atoms with Gasteiger partial charge in [0.05, 0.1) is 6.42 Å². The van der Waals surface area contributed by atoms with Crippen molar-refractivity contribution in [3.8, 4) is 0 Å². The minimum absolute atomic E-state index is 0.0946. The molecule has 1 aromatic carbocycles. The molecule has 0 bridgehead atoms. The number of hydrogen-bond acceptors (Lipinski definition) is 2. The molecule has 0 saturated carbocycles. The molecule has 1 spiro atoms. The summed E-state index contributed by atoms with van der Waals surface area (Å²) in [7, 11) is 0. The minimum Gasteiger partial charge on any atom is -0.342 e. The molecular weight excluding hydrogens is 317 g/mol. The summed E-state index contributed by atoms with van der Waals surface area (Å²) < 4.78 is 39.6. The number of piperidine rings is 1. The number of likely N-dealkylation sites (tertiary alicyclic amines) is 1. The van der Waals surface area contributed by atoms with Gasteiger partial charge < -0.3 is 10.2 Å². The van der Waals surface area contributed by atoms with Crippen LogP contribution in [0.5, 0.6) is 0 Å². The van der Waals surface area contributed by atoms with Gasteiger partial charge in [0.2, 0.25) is 5.91 Å². The Morgan fingerprint density at radius 3 is 2.38 bits per heavy atom. The van der Waals surface area contributed by atoms with Crippen molar-refractivity contribution >= 4 is 5.91 Å². The second-order valence-electron chi connectivity index (χ2n) is 7.03. The maximum atomic E-state index is 13.3. The zero-order valence-electron chi connectivity index (χ0n) is 13.7. The largest absolute Gasteiger partial charge is 0.342 e. The van der Waals surface area contributed by atoms with E-state index in [0.717, 1.165) is 57.3 Å². The second kappa shape index (κ2) is 7.13. The van der Waals surface area contributed by atoms with Gasteiger partial charge in [0.25, 0.3) is 0 Å². The molecule has 132 valence electrons. The van der Waals surface area contributed by atoms with E-state index >= 15 is 0 Å². The third kappa shape index (κ3) is 3.74. The minimum atomic E-state index is -1.49. The molecule has 2 aliphatic heterocycles. The summed E-state index contributed by atoms with van der Waals surface area (Å²) in [5, 5.41) is 3.38. The summed E-state index contributed by atoms with van der Waals surface area (Å²) in [5.41, 5.74) is 0.506. The monoisotopic (exact) mass is 340 g/mol. The number of nitrogens with one attached hydrogen (secondary N) is 1. The van der Waals surface area contributed by atoms with E-state index in [-0.39, 0.29) is 17.9 Å². The maximum Gasteiger partial charge on any atom is 0.226 e. The Hall–Kier alpha value is -1.56. The fourth-order valence-electron chi connectivity index (χ4n) is 3.96. The van der Waals surface area contributed by atoms with Gasteiger partial charge in [-0.2, -0.15) is 0 Å². The summed E-state index contributed by atoms with van der Waals surface area (Å²) in [6.45, 7) is 3.43. The number of carbonyl (C=O) groups is 1. The molecule has 2 saturated heterocycles. The second-order valence-corrected chi connectivity index (χ2v) is 7.03. The van der Waals surface area contributed by atoms with E-state index in [2.05, 4.69) is 5.32 Å². The molecule has 0 radical (unpaired) electrons. The molecule has 3 nitrogen and oxygen atoms in total. The Balaban J connectivity index is 1.63. The van der Waals surface area contributed by atoms with Crippen LogP contribution >= 0.6 is 0 Å². The summed E-state index contributed by atoms with van der Waals surface area (Å²) in [6.07, 6.45) is 5.25. The third-order valence-corrected chi connectivity index (χ3v) is 5.46. The van der Waals surface area contributed by atoms with Gasteiger partial charge in [-0.1, -0.05) is 0 Å². The number of benzene rings is 1. The van der Waals surface area contributed by atoms with Crippen LogP contribution < -0.4 is 5.32 Å². The fraction of sp³-hybridized carbons (Fsp3) is 0.611. The Bertz CT molecular complexity index is 591. The first-order valence-corrected chi connectivity index (χ1v) is 8.61. The molecule has 2 heterocycles. The highest BCUT2D eigenvalue weighted by Gasteiger charge is 2.34. The maximum absolute atomic E-state index is 13.3. The van der Waals surface area contributed by atoms with Gasteiger partial charge in [0.1, 0.15) is 0 Å². The van der Waals surface area contributed by atoms with E-state index in [1.54, 1.807) is 4.90 Å². The van der Waals surface area contributed by atoms with Crippen molar-refractivity contribution in [2.24, 2.45) is 5.41 Å². The number of nitrogens with zero attached hydrogens (tertiary/aromatic N) is 1. The number of carbonyl (C=O) groups excluding carboxylic acids is 1. The number of amides is 1. The number of rotatable bonds is 2. The van der Waals surface area contributed by atoms with Gasteiger partial charge in [-0.3, -0.25) is 4.79 Å². The van der Waals surface area contributed by atoms with E-state index in [0.29, 0.717) is 18.5 Å². The molecule has 1 amide bonds.